The van der Waals surface area contributed by atoms with Crippen molar-refractivity contribution >= 4 is 17.1 Å². The SMILES string of the molecule is C=CC(=O)C(C)/C=C(C)\C=C(/C=C)CCCCC(C)(C)CCC.C=CC(=O)c1cc(C)c(/C(=C\C(=C)C2CCC(C)(C)CC2)C(C)(C)C)o1.CC.[HH]. The summed E-state index contributed by atoms with van der Waals surface area (Å²) in [6, 6.07) is 1.81. The number of ketones is 2. The van der Waals surface area contributed by atoms with E-state index in [9.17, 15) is 9.59 Å². The second kappa shape index (κ2) is 22.7. The zero-order valence-corrected chi connectivity index (χ0v) is 35.3. The van der Waals surface area contributed by atoms with Crippen molar-refractivity contribution in [3.8, 4) is 0 Å². The van der Waals surface area contributed by atoms with Crippen LogP contribution in [-0.2, 0) is 4.79 Å². The Labute approximate surface area is 316 Å². The lowest BCUT2D eigenvalue weighted by atomic mass is 9.70. The molecule has 1 unspecified atom stereocenters. The molecular formula is C48H78O3. The van der Waals surface area contributed by atoms with Gasteiger partial charge in [-0.05, 0) is 117 Å². The van der Waals surface area contributed by atoms with Gasteiger partial charge in [0.1, 0.15) is 5.76 Å². The summed E-state index contributed by atoms with van der Waals surface area (Å²) in [4.78, 5) is 23.5. The van der Waals surface area contributed by atoms with E-state index in [0.717, 1.165) is 28.9 Å². The summed E-state index contributed by atoms with van der Waals surface area (Å²) in [5.41, 5.74) is 6.45. The average Bonchev–Trinajstić information content (AvgIpc) is 3.45. The number of aryl methyl sites for hydroxylation is 1. The number of carbonyl (C=O) groups is 2. The van der Waals surface area contributed by atoms with E-state index >= 15 is 0 Å². The van der Waals surface area contributed by atoms with Gasteiger partial charge in [0.25, 0.3) is 0 Å². The molecule has 1 fully saturated rings. The quantitative estimate of drug-likeness (QED) is 0.0702. The lowest BCUT2D eigenvalue weighted by molar-refractivity contribution is -0.116. The molecule has 51 heavy (non-hydrogen) atoms. The molecule has 1 saturated carbocycles. The van der Waals surface area contributed by atoms with Gasteiger partial charge in [-0.2, -0.15) is 0 Å². The molecule has 1 atom stereocenters. The largest absolute Gasteiger partial charge is 0.453 e. The highest BCUT2D eigenvalue weighted by Gasteiger charge is 2.30. The summed E-state index contributed by atoms with van der Waals surface area (Å²) in [6.45, 7) is 43.6. The second-order valence-electron chi connectivity index (χ2n) is 16.9. The van der Waals surface area contributed by atoms with Crippen LogP contribution in [0.5, 0.6) is 0 Å². The number of hydrogen-bond donors (Lipinski definition) is 0. The maximum Gasteiger partial charge on any atom is 0.220 e. The van der Waals surface area contributed by atoms with Crippen LogP contribution in [0.2, 0.25) is 0 Å². The molecule has 1 aromatic heterocycles. The van der Waals surface area contributed by atoms with Crippen molar-refractivity contribution in [3.63, 3.8) is 0 Å². The Morgan fingerprint density at radius 1 is 0.980 bits per heavy atom. The summed E-state index contributed by atoms with van der Waals surface area (Å²) in [7, 11) is 0. The van der Waals surface area contributed by atoms with E-state index in [1.807, 2.05) is 52.8 Å². The van der Waals surface area contributed by atoms with Crippen molar-refractivity contribution < 1.29 is 15.4 Å². The highest BCUT2D eigenvalue weighted by molar-refractivity contribution is 6.02. The van der Waals surface area contributed by atoms with Crippen LogP contribution in [0.3, 0.4) is 0 Å². The molecule has 2 rings (SSSR count). The van der Waals surface area contributed by atoms with Gasteiger partial charge < -0.3 is 4.42 Å². The summed E-state index contributed by atoms with van der Waals surface area (Å²) in [6.07, 6.45) is 23.2. The first-order valence-corrected chi connectivity index (χ1v) is 19.6. The van der Waals surface area contributed by atoms with Crippen LogP contribution >= 0.6 is 0 Å². The maximum atomic E-state index is 11.9. The van der Waals surface area contributed by atoms with Crippen molar-refractivity contribution in [2.24, 2.45) is 28.1 Å². The van der Waals surface area contributed by atoms with Crippen LogP contribution < -0.4 is 0 Å². The average molecular weight is 703 g/mol. The fourth-order valence-electron chi connectivity index (χ4n) is 6.64. The first-order chi connectivity index (χ1) is 23.7. The molecule has 1 heterocycles. The molecule has 0 bridgehead atoms. The first kappa shape index (κ1) is 47.8. The molecule has 3 heteroatoms. The minimum Gasteiger partial charge on any atom is -0.453 e. The number of rotatable bonds is 17. The third-order valence-electron chi connectivity index (χ3n) is 9.93. The number of hydrogen-bond acceptors (Lipinski definition) is 3. The lowest BCUT2D eigenvalue weighted by Gasteiger charge is -2.35. The van der Waals surface area contributed by atoms with Crippen molar-refractivity contribution in [2.75, 3.05) is 0 Å². The lowest BCUT2D eigenvalue weighted by Crippen LogP contribution is -2.22. The molecule has 0 saturated heterocycles. The van der Waals surface area contributed by atoms with Gasteiger partial charge in [0.2, 0.25) is 5.78 Å². The van der Waals surface area contributed by atoms with E-state index < -0.39 is 0 Å². The molecule has 1 aliphatic rings. The molecule has 3 nitrogen and oxygen atoms in total. The third-order valence-corrected chi connectivity index (χ3v) is 9.93. The Balaban J connectivity index is 0. The predicted molar refractivity (Wildman–Crippen MR) is 227 cm³/mol. The Morgan fingerprint density at radius 3 is 2.06 bits per heavy atom. The Bertz CT molecular complexity index is 1390. The third kappa shape index (κ3) is 17.7. The van der Waals surface area contributed by atoms with Gasteiger partial charge in [0.15, 0.2) is 11.5 Å². The monoisotopic (exact) mass is 703 g/mol. The van der Waals surface area contributed by atoms with E-state index in [0.29, 0.717) is 22.5 Å². The summed E-state index contributed by atoms with van der Waals surface area (Å²) in [5, 5.41) is 0. The van der Waals surface area contributed by atoms with E-state index in [-0.39, 0.29) is 24.3 Å². The van der Waals surface area contributed by atoms with Gasteiger partial charge in [-0.3, -0.25) is 9.59 Å². The fourth-order valence-corrected chi connectivity index (χ4v) is 6.64. The van der Waals surface area contributed by atoms with Crippen molar-refractivity contribution in [1.82, 2.24) is 0 Å². The normalized spacial score (nSPS) is 16.1. The van der Waals surface area contributed by atoms with Crippen LogP contribution in [0.1, 0.15) is 171 Å². The maximum absolute atomic E-state index is 11.9. The van der Waals surface area contributed by atoms with Crippen LogP contribution in [0.15, 0.2) is 90.0 Å². The zero-order chi connectivity index (χ0) is 39.6. The van der Waals surface area contributed by atoms with Crippen LogP contribution in [-0.4, -0.2) is 11.6 Å². The van der Waals surface area contributed by atoms with Crippen LogP contribution in [0, 0.1) is 35.0 Å². The summed E-state index contributed by atoms with van der Waals surface area (Å²) in [5.74, 6) is 1.46. The molecule has 0 N–H and O–H groups in total. The molecule has 1 aliphatic carbocycles. The smallest absolute Gasteiger partial charge is 0.220 e. The molecule has 0 aliphatic heterocycles. The number of unbranched alkanes of at least 4 members (excludes halogenated alkanes) is 1. The number of furan rings is 1. The van der Waals surface area contributed by atoms with E-state index in [2.05, 4.69) is 93.9 Å². The predicted octanol–water partition coefficient (Wildman–Crippen LogP) is 15.3. The molecule has 0 radical (unpaired) electrons. The molecule has 0 spiro atoms. The molecule has 0 amide bonds. The molecular weight excluding hydrogens is 625 g/mol. The van der Waals surface area contributed by atoms with Gasteiger partial charge >= 0.3 is 0 Å². The van der Waals surface area contributed by atoms with Crippen LogP contribution in [0.25, 0.3) is 5.57 Å². The van der Waals surface area contributed by atoms with Crippen LogP contribution in [0.4, 0.5) is 0 Å². The topological polar surface area (TPSA) is 47.3 Å². The Kier molecular flexibility index (Phi) is 21.3. The Morgan fingerprint density at radius 2 is 1.57 bits per heavy atom. The number of carbonyl (C=O) groups excluding carboxylic acids is 2. The fraction of sp³-hybridized carbons (Fsp3) is 0.583. The summed E-state index contributed by atoms with van der Waals surface area (Å²) >= 11 is 0. The minimum atomic E-state index is -0.180. The van der Waals surface area contributed by atoms with E-state index in [1.54, 1.807) is 0 Å². The minimum absolute atomic E-state index is 0. The van der Waals surface area contributed by atoms with Crippen molar-refractivity contribution in [2.45, 2.75) is 154 Å². The van der Waals surface area contributed by atoms with E-state index in [4.69, 9.17) is 4.42 Å². The number of allylic oxidation sites excluding steroid dienone is 10. The van der Waals surface area contributed by atoms with Gasteiger partial charge in [-0.15, -0.1) is 0 Å². The van der Waals surface area contributed by atoms with Crippen molar-refractivity contribution in [3.05, 3.63) is 103 Å². The highest BCUT2D eigenvalue weighted by atomic mass is 16.3. The standard InChI is InChI=1S/C24H34O2.C22H36O.C2H6.H2/c1-9-20(25)21-15-17(3)22(26-21)19(23(4,5)6)14-16(2)18-10-12-24(7,8)13-11-18;1-8-14-22(6,7)15-12-11-13-20(9-2)17-18(4)16-19(5)21(23)10-3;1-2;/h9,14-15,18H,1-2,10-13H2,3-8H3;9-10,16-17,19H,2-3,8,11-15H2,1,4-7H3;1-2H3;1H/b19-14+;18-16-,20-17+;;. The van der Waals surface area contributed by atoms with Gasteiger partial charge in [-0.1, -0.05) is 151 Å². The van der Waals surface area contributed by atoms with Gasteiger partial charge in [-0.25, -0.2) is 0 Å². The van der Waals surface area contributed by atoms with E-state index in [1.165, 1.54) is 81.1 Å². The zero-order valence-electron chi connectivity index (χ0n) is 35.3. The second-order valence-corrected chi connectivity index (χ2v) is 16.9. The summed E-state index contributed by atoms with van der Waals surface area (Å²) < 4.78 is 5.95. The van der Waals surface area contributed by atoms with Gasteiger partial charge in [0, 0.05) is 12.9 Å². The molecule has 0 aromatic carbocycles. The van der Waals surface area contributed by atoms with Crippen molar-refractivity contribution in [1.29, 1.82) is 0 Å². The first-order valence-electron chi connectivity index (χ1n) is 19.6. The molecule has 1 aromatic rings. The highest BCUT2D eigenvalue weighted by Crippen LogP contribution is 2.43. The van der Waals surface area contributed by atoms with Gasteiger partial charge in [0.05, 0.1) is 0 Å². The molecule has 288 valence electrons. The Hall–Kier alpha value is -3.20.